The Kier molecular flexibility index (Phi) is 11.2. The Bertz CT molecular complexity index is 696. The van der Waals surface area contributed by atoms with Gasteiger partial charge < -0.3 is 24.1 Å². The minimum absolute atomic E-state index is 0. The van der Waals surface area contributed by atoms with Crippen molar-refractivity contribution in [3.05, 3.63) is 35.5 Å². The number of benzene rings is 1. The maximum atomic E-state index is 5.73. The van der Waals surface area contributed by atoms with Crippen LogP contribution in [-0.2, 0) is 17.9 Å². The molecule has 1 aromatic heterocycles. The number of aryl methyl sites for hydroxylation is 1. The number of nitrogens with one attached hydrogen (secondary N) is 1. The molecular formula is C18H28Cl2N4O4. The van der Waals surface area contributed by atoms with Crippen molar-refractivity contribution in [1.29, 1.82) is 0 Å². The summed E-state index contributed by atoms with van der Waals surface area (Å²) in [5.74, 6) is 2.38. The lowest BCUT2D eigenvalue weighted by atomic mass is 10.2. The van der Waals surface area contributed by atoms with Gasteiger partial charge in [-0.1, -0.05) is 11.2 Å². The molecule has 10 heteroatoms. The second-order valence-corrected chi connectivity index (χ2v) is 6.14. The van der Waals surface area contributed by atoms with E-state index in [9.17, 15) is 0 Å². The quantitative estimate of drug-likeness (QED) is 0.601. The van der Waals surface area contributed by atoms with Crippen LogP contribution in [0.4, 0.5) is 0 Å². The van der Waals surface area contributed by atoms with Crippen molar-refractivity contribution in [1.82, 2.24) is 20.4 Å². The topological polar surface area (TPSA) is 81.9 Å². The van der Waals surface area contributed by atoms with Crippen LogP contribution in [0.25, 0.3) is 0 Å². The zero-order valence-electron chi connectivity index (χ0n) is 16.2. The van der Waals surface area contributed by atoms with Crippen LogP contribution in [-0.4, -0.2) is 61.5 Å². The Morgan fingerprint density at radius 2 is 1.96 bits per heavy atom. The van der Waals surface area contributed by atoms with E-state index in [0.717, 1.165) is 51.5 Å². The number of halogens is 2. The number of ether oxygens (including phenoxy) is 3. The maximum absolute atomic E-state index is 5.73. The van der Waals surface area contributed by atoms with E-state index in [1.165, 1.54) is 0 Å². The van der Waals surface area contributed by atoms with Gasteiger partial charge in [0.15, 0.2) is 23.9 Å². The fraction of sp³-hybridized carbons (Fsp3) is 0.556. The molecule has 3 rings (SSSR count). The highest BCUT2D eigenvalue weighted by Gasteiger charge is 2.11. The van der Waals surface area contributed by atoms with Crippen LogP contribution in [0, 0.1) is 6.92 Å². The zero-order valence-corrected chi connectivity index (χ0v) is 17.8. The fourth-order valence-corrected chi connectivity index (χ4v) is 2.77. The van der Waals surface area contributed by atoms with Crippen molar-refractivity contribution in [3.8, 4) is 11.5 Å². The van der Waals surface area contributed by atoms with Gasteiger partial charge in [0.05, 0.1) is 20.3 Å². The molecule has 0 unspecified atom stereocenters. The lowest BCUT2D eigenvalue weighted by Gasteiger charge is -2.26. The normalized spacial score (nSPS) is 14.1. The van der Waals surface area contributed by atoms with Gasteiger partial charge in [-0.15, -0.1) is 24.8 Å². The lowest BCUT2D eigenvalue weighted by molar-refractivity contribution is 0.0384. The van der Waals surface area contributed by atoms with Gasteiger partial charge in [-0.05, 0) is 24.6 Å². The Morgan fingerprint density at radius 1 is 1.18 bits per heavy atom. The Labute approximate surface area is 177 Å². The summed E-state index contributed by atoms with van der Waals surface area (Å²) in [4.78, 5) is 6.53. The smallest absolute Gasteiger partial charge is 0.264 e. The van der Waals surface area contributed by atoms with Crippen molar-refractivity contribution in [3.63, 3.8) is 0 Å². The highest BCUT2D eigenvalue weighted by atomic mass is 35.5. The predicted octanol–water partition coefficient (Wildman–Crippen LogP) is 2.23. The van der Waals surface area contributed by atoms with Crippen LogP contribution in [0.3, 0.4) is 0 Å². The molecule has 2 heterocycles. The third-order valence-electron chi connectivity index (χ3n) is 4.19. The Balaban J connectivity index is 0.00000196. The summed E-state index contributed by atoms with van der Waals surface area (Å²) >= 11 is 0. The molecule has 2 aromatic rings. The summed E-state index contributed by atoms with van der Waals surface area (Å²) in [5, 5.41) is 7.21. The molecular weight excluding hydrogens is 407 g/mol. The average molecular weight is 435 g/mol. The summed E-state index contributed by atoms with van der Waals surface area (Å²) in [7, 11) is 1.63. The van der Waals surface area contributed by atoms with Gasteiger partial charge in [0.25, 0.3) is 5.89 Å². The molecule has 1 aliphatic rings. The number of hydrogen-bond acceptors (Lipinski definition) is 8. The number of hydrogen-bond donors (Lipinski definition) is 1. The molecule has 8 nitrogen and oxygen atoms in total. The van der Waals surface area contributed by atoms with E-state index in [1.807, 2.05) is 18.2 Å². The summed E-state index contributed by atoms with van der Waals surface area (Å²) in [5.41, 5.74) is 1.14. The zero-order chi connectivity index (χ0) is 18.2. The van der Waals surface area contributed by atoms with E-state index < -0.39 is 0 Å². The fourth-order valence-electron chi connectivity index (χ4n) is 2.77. The third kappa shape index (κ3) is 7.44. The number of morpholine rings is 1. The molecule has 28 heavy (non-hydrogen) atoms. The first kappa shape index (κ1) is 24.5. The van der Waals surface area contributed by atoms with Gasteiger partial charge in [-0.3, -0.25) is 4.90 Å². The minimum atomic E-state index is 0. The van der Waals surface area contributed by atoms with Gasteiger partial charge in [-0.2, -0.15) is 4.98 Å². The first-order chi connectivity index (χ1) is 12.7. The van der Waals surface area contributed by atoms with Gasteiger partial charge >= 0.3 is 0 Å². The molecule has 0 bridgehead atoms. The molecule has 0 saturated carbocycles. The van der Waals surface area contributed by atoms with Crippen LogP contribution < -0.4 is 14.8 Å². The molecule has 0 radical (unpaired) electrons. The summed E-state index contributed by atoms with van der Waals surface area (Å²) < 4.78 is 21.6. The van der Waals surface area contributed by atoms with E-state index in [4.69, 9.17) is 18.7 Å². The minimum Gasteiger partial charge on any atom is -0.493 e. The second-order valence-electron chi connectivity index (χ2n) is 6.14. The molecule has 1 fully saturated rings. The summed E-state index contributed by atoms with van der Waals surface area (Å²) in [6.07, 6.45) is 0. The van der Waals surface area contributed by atoms with E-state index in [-0.39, 0.29) is 31.4 Å². The molecule has 1 aliphatic heterocycles. The highest BCUT2D eigenvalue weighted by molar-refractivity contribution is 5.85. The molecule has 0 aliphatic carbocycles. The summed E-state index contributed by atoms with van der Waals surface area (Å²) in [6.45, 7) is 8.45. The van der Waals surface area contributed by atoms with Crippen molar-refractivity contribution >= 4 is 24.8 Å². The van der Waals surface area contributed by atoms with Crippen molar-refractivity contribution in [2.24, 2.45) is 0 Å². The molecule has 1 N–H and O–H groups in total. The van der Waals surface area contributed by atoms with Crippen LogP contribution in [0.15, 0.2) is 22.7 Å². The monoisotopic (exact) mass is 434 g/mol. The van der Waals surface area contributed by atoms with E-state index in [2.05, 4.69) is 20.4 Å². The molecule has 158 valence electrons. The first-order valence-electron chi connectivity index (χ1n) is 8.84. The van der Waals surface area contributed by atoms with E-state index in [0.29, 0.717) is 23.2 Å². The molecule has 1 saturated heterocycles. The average Bonchev–Trinajstić information content (AvgIpc) is 3.10. The largest absolute Gasteiger partial charge is 0.493 e. The van der Waals surface area contributed by atoms with Gasteiger partial charge in [0.1, 0.15) is 0 Å². The molecule has 0 amide bonds. The van der Waals surface area contributed by atoms with Gasteiger partial charge in [0, 0.05) is 32.7 Å². The summed E-state index contributed by atoms with van der Waals surface area (Å²) in [6, 6.07) is 5.91. The Hall–Kier alpha value is -1.58. The number of rotatable bonds is 9. The highest BCUT2D eigenvalue weighted by Crippen LogP contribution is 2.28. The van der Waals surface area contributed by atoms with Gasteiger partial charge in [0.2, 0.25) is 0 Å². The number of methoxy groups -OCH3 is 1. The number of nitrogens with zero attached hydrogens (tertiary/aromatic N) is 3. The van der Waals surface area contributed by atoms with E-state index >= 15 is 0 Å². The van der Waals surface area contributed by atoms with E-state index in [1.54, 1.807) is 14.0 Å². The molecule has 0 atom stereocenters. The SMILES string of the molecule is COc1cc(CNCCN2CCOCC2)ccc1OCc1nc(C)no1.Cl.Cl. The third-order valence-corrected chi connectivity index (χ3v) is 4.19. The Morgan fingerprint density at radius 3 is 2.64 bits per heavy atom. The van der Waals surface area contributed by atoms with Crippen LogP contribution in [0.5, 0.6) is 11.5 Å². The standard InChI is InChI=1S/C18H26N4O4.2ClH/c1-14-20-18(26-21-14)13-25-16-4-3-15(11-17(16)23-2)12-19-5-6-22-7-9-24-10-8-22;;/h3-4,11,19H,5-10,12-13H2,1-2H3;2*1H. The lowest BCUT2D eigenvalue weighted by Crippen LogP contribution is -2.40. The molecule has 0 spiro atoms. The predicted molar refractivity (Wildman–Crippen MR) is 110 cm³/mol. The van der Waals surface area contributed by atoms with Crippen molar-refractivity contribution in [2.45, 2.75) is 20.1 Å². The van der Waals surface area contributed by atoms with Crippen LogP contribution >= 0.6 is 24.8 Å². The number of aromatic nitrogens is 2. The second kappa shape index (κ2) is 12.8. The molecule has 1 aromatic carbocycles. The van der Waals surface area contributed by atoms with Crippen molar-refractivity contribution < 1.29 is 18.7 Å². The maximum Gasteiger partial charge on any atom is 0.264 e. The van der Waals surface area contributed by atoms with Crippen molar-refractivity contribution in [2.75, 3.05) is 46.5 Å². The van der Waals surface area contributed by atoms with Gasteiger partial charge in [-0.25, -0.2) is 0 Å². The van der Waals surface area contributed by atoms with Crippen LogP contribution in [0.2, 0.25) is 0 Å². The first-order valence-corrected chi connectivity index (χ1v) is 8.84. The van der Waals surface area contributed by atoms with Crippen LogP contribution in [0.1, 0.15) is 17.3 Å².